The second kappa shape index (κ2) is 15.1. The van der Waals surface area contributed by atoms with Gasteiger partial charge in [-0.2, -0.15) is 0 Å². The van der Waals surface area contributed by atoms with Crippen LogP contribution < -0.4 is 0 Å². The van der Waals surface area contributed by atoms with Crippen molar-refractivity contribution in [2.75, 3.05) is 26.4 Å². The van der Waals surface area contributed by atoms with Crippen molar-refractivity contribution >= 4 is 11.6 Å². The molecule has 8 heteroatoms. The van der Waals surface area contributed by atoms with Crippen LogP contribution in [-0.4, -0.2) is 66.2 Å². The van der Waals surface area contributed by atoms with E-state index in [0.29, 0.717) is 30.9 Å². The fraction of sp³-hybridized carbons (Fsp3) is 0.760. The van der Waals surface area contributed by atoms with Crippen LogP contribution in [0.2, 0.25) is 5.02 Å². The Kier molecular flexibility index (Phi) is 13.0. The lowest BCUT2D eigenvalue weighted by atomic mass is 9.89. The van der Waals surface area contributed by atoms with Gasteiger partial charge in [0.05, 0.1) is 13.2 Å². The maximum Gasteiger partial charge on any atom is 0.122 e. The summed E-state index contributed by atoms with van der Waals surface area (Å²) >= 11 is 6.15. The molecule has 1 aliphatic rings. The maximum atomic E-state index is 11.4. The Bertz CT molecular complexity index is 685. The summed E-state index contributed by atoms with van der Waals surface area (Å²) in [4.78, 5) is 0. The van der Waals surface area contributed by atoms with Crippen molar-refractivity contribution in [1.82, 2.24) is 0 Å². The lowest BCUT2D eigenvalue weighted by molar-refractivity contribution is -0.258. The van der Waals surface area contributed by atoms with E-state index in [1.807, 2.05) is 0 Å². The van der Waals surface area contributed by atoms with Crippen molar-refractivity contribution in [3.8, 4) is 5.75 Å². The normalized spacial score (nSPS) is 25.5. The van der Waals surface area contributed by atoms with Gasteiger partial charge >= 0.3 is 0 Å². The van der Waals surface area contributed by atoms with Gasteiger partial charge in [-0.15, -0.1) is 0 Å². The predicted molar refractivity (Wildman–Crippen MR) is 128 cm³/mol. The molecule has 3 unspecified atom stereocenters. The number of halogens is 1. The zero-order valence-electron chi connectivity index (χ0n) is 20.2. The molecule has 0 saturated carbocycles. The first kappa shape index (κ1) is 28.3. The fourth-order valence-electron chi connectivity index (χ4n) is 3.85. The standard InChI is InChI=1S/C25H41ClO7/c1-4-7-10-30-16-21-24(31-11-8-5-2)22(29)25(32-12-9-6-3)23(33-21)18-13-17(15-27)19(26)14-20(18)28/h13-14,21-25,27-29H,4-12,15-16H2,1-3H3/t21?,22?,23?,24-,25-/m1/s1. The molecule has 3 N–H and O–H groups in total. The monoisotopic (exact) mass is 488 g/mol. The Morgan fingerprint density at radius 3 is 2.15 bits per heavy atom. The third kappa shape index (κ3) is 8.06. The summed E-state index contributed by atoms with van der Waals surface area (Å²) in [6.07, 6.45) is 1.89. The van der Waals surface area contributed by atoms with Crippen molar-refractivity contribution in [3.63, 3.8) is 0 Å². The van der Waals surface area contributed by atoms with Gasteiger partial charge in [-0.25, -0.2) is 0 Å². The molecule has 0 spiro atoms. The van der Waals surface area contributed by atoms with Gasteiger partial charge in [0.25, 0.3) is 0 Å². The second-order valence-corrected chi connectivity index (χ2v) is 8.96. The predicted octanol–water partition coefficient (Wildman–Crippen LogP) is 4.53. The van der Waals surface area contributed by atoms with E-state index in [-0.39, 0.29) is 24.0 Å². The van der Waals surface area contributed by atoms with Crippen LogP contribution in [0.1, 0.15) is 76.5 Å². The highest BCUT2D eigenvalue weighted by atomic mass is 35.5. The van der Waals surface area contributed by atoms with Gasteiger partial charge in [-0.1, -0.05) is 51.6 Å². The molecule has 2 rings (SSSR count). The van der Waals surface area contributed by atoms with Crippen LogP contribution in [0.5, 0.6) is 5.75 Å². The summed E-state index contributed by atoms with van der Waals surface area (Å²) in [5, 5.41) is 32.0. The van der Waals surface area contributed by atoms with Crippen molar-refractivity contribution < 1.29 is 34.3 Å². The minimum Gasteiger partial charge on any atom is -0.508 e. The summed E-state index contributed by atoms with van der Waals surface area (Å²) in [5.74, 6) is -0.0745. The maximum absolute atomic E-state index is 11.4. The number of unbranched alkanes of at least 4 members (excludes halogenated alkanes) is 3. The van der Waals surface area contributed by atoms with E-state index < -0.39 is 30.5 Å². The molecule has 1 heterocycles. The summed E-state index contributed by atoms with van der Waals surface area (Å²) in [6, 6.07) is 3.00. The molecule has 190 valence electrons. The van der Waals surface area contributed by atoms with Gasteiger partial charge in [-0.3, -0.25) is 0 Å². The first-order chi connectivity index (χ1) is 16.0. The lowest BCUT2D eigenvalue weighted by Gasteiger charge is -2.44. The van der Waals surface area contributed by atoms with Crippen LogP contribution in [0.15, 0.2) is 12.1 Å². The molecule has 33 heavy (non-hydrogen) atoms. The van der Waals surface area contributed by atoms with Crippen molar-refractivity contribution in [2.45, 2.75) is 96.4 Å². The number of aliphatic hydroxyl groups excluding tert-OH is 2. The number of ether oxygens (including phenoxy) is 4. The molecule has 0 radical (unpaired) electrons. The van der Waals surface area contributed by atoms with Gasteiger partial charge in [0.15, 0.2) is 0 Å². The van der Waals surface area contributed by atoms with Crippen LogP contribution in [0.25, 0.3) is 0 Å². The summed E-state index contributed by atoms with van der Waals surface area (Å²) in [5.41, 5.74) is 0.876. The second-order valence-electron chi connectivity index (χ2n) is 8.55. The Morgan fingerprint density at radius 2 is 1.55 bits per heavy atom. The minimum absolute atomic E-state index is 0.0745. The van der Waals surface area contributed by atoms with Crippen molar-refractivity contribution in [1.29, 1.82) is 0 Å². The highest BCUT2D eigenvalue weighted by molar-refractivity contribution is 6.31. The molecule has 5 atom stereocenters. The molecule has 1 saturated heterocycles. The summed E-state index contributed by atoms with van der Waals surface area (Å²) in [7, 11) is 0. The van der Waals surface area contributed by atoms with E-state index in [9.17, 15) is 15.3 Å². The summed E-state index contributed by atoms with van der Waals surface area (Å²) in [6.45, 7) is 7.75. The van der Waals surface area contributed by atoms with Crippen LogP contribution in [0, 0.1) is 0 Å². The van der Waals surface area contributed by atoms with E-state index in [2.05, 4.69) is 20.8 Å². The molecule has 1 aromatic rings. The number of rotatable bonds is 15. The number of benzene rings is 1. The SMILES string of the molecule is CCCCOCC1OC(c2cc(CO)c(Cl)cc2O)[C@H](OCCCC)C(O)[C@@H]1OCCCC. The van der Waals surface area contributed by atoms with E-state index in [4.69, 9.17) is 30.5 Å². The van der Waals surface area contributed by atoms with E-state index in [0.717, 1.165) is 38.5 Å². The molecule has 1 aromatic carbocycles. The first-order valence-corrected chi connectivity index (χ1v) is 12.6. The van der Waals surface area contributed by atoms with Crippen molar-refractivity contribution in [3.05, 3.63) is 28.3 Å². The number of hydrogen-bond acceptors (Lipinski definition) is 7. The van der Waals surface area contributed by atoms with Crippen LogP contribution in [0.4, 0.5) is 0 Å². The van der Waals surface area contributed by atoms with E-state index in [1.54, 1.807) is 6.07 Å². The topological polar surface area (TPSA) is 97.6 Å². The van der Waals surface area contributed by atoms with Crippen molar-refractivity contribution in [2.24, 2.45) is 0 Å². The molecule has 1 aliphatic heterocycles. The Hall–Kier alpha value is -0.930. The van der Waals surface area contributed by atoms with Crippen LogP contribution >= 0.6 is 11.6 Å². The molecule has 0 amide bonds. The minimum atomic E-state index is -0.982. The third-order valence-corrected chi connectivity index (χ3v) is 6.22. The van der Waals surface area contributed by atoms with Gasteiger partial charge in [0.1, 0.15) is 36.3 Å². The molecular weight excluding hydrogens is 448 g/mol. The van der Waals surface area contributed by atoms with Gasteiger partial charge < -0.3 is 34.3 Å². The van der Waals surface area contributed by atoms with E-state index in [1.165, 1.54) is 6.07 Å². The lowest BCUT2D eigenvalue weighted by Crippen LogP contribution is -2.57. The summed E-state index contributed by atoms with van der Waals surface area (Å²) < 4.78 is 24.4. The smallest absolute Gasteiger partial charge is 0.122 e. The zero-order valence-corrected chi connectivity index (χ0v) is 20.9. The highest BCUT2D eigenvalue weighted by Crippen LogP contribution is 2.41. The zero-order chi connectivity index (χ0) is 24.2. The number of hydrogen-bond donors (Lipinski definition) is 3. The average Bonchev–Trinajstić information content (AvgIpc) is 2.80. The molecule has 0 aromatic heterocycles. The Morgan fingerprint density at radius 1 is 0.939 bits per heavy atom. The van der Waals surface area contributed by atoms with Gasteiger partial charge in [-0.05, 0) is 37.0 Å². The molecule has 1 fully saturated rings. The van der Waals surface area contributed by atoms with Crippen LogP contribution in [0.3, 0.4) is 0 Å². The van der Waals surface area contributed by atoms with Gasteiger partial charge in [0, 0.05) is 30.4 Å². The molecule has 0 bridgehead atoms. The Balaban J connectivity index is 2.35. The third-order valence-electron chi connectivity index (χ3n) is 5.87. The first-order valence-electron chi connectivity index (χ1n) is 12.2. The number of phenols is 1. The van der Waals surface area contributed by atoms with Crippen LogP contribution in [-0.2, 0) is 25.6 Å². The average molecular weight is 489 g/mol. The van der Waals surface area contributed by atoms with Gasteiger partial charge in [0.2, 0.25) is 0 Å². The molecule has 0 aliphatic carbocycles. The number of aliphatic hydroxyl groups is 2. The molecule has 7 nitrogen and oxygen atoms in total. The largest absolute Gasteiger partial charge is 0.508 e. The number of phenolic OH excluding ortho intramolecular Hbond substituents is 1. The highest BCUT2D eigenvalue weighted by Gasteiger charge is 2.48. The number of aromatic hydroxyl groups is 1. The molecular formula is C25H41ClO7. The Labute approximate surface area is 202 Å². The quantitative estimate of drug-likeness (QED) is 0.312. The fourth-order valence-corrected chi connectivity index (χ4v) is 4.07. The van der Waals surface area contributed by atoms with E-state index >= 15 is 0 Å².